The van der Waals surface area contributed by atoms with Crippen molar-refractivity contribution in [2.45, 2.75) is 44.7 Å². The molecule has 0 saturated heterocycles. The number of rotatable bonds is 11. The number of thioether (sulfide) groups is 1. The number of aryl methyl sites for hydroxylation is 3. The number of nitrogens with zero attached hydrogens (tertiary/aromatic N) is 4. The summed E-state index contributed by atoms with van der Waals surface area (Å²) in [7, 11) is 0. The number of benzene rings is 4. The van der Waals surface area contributed by atoms with Crippen LogP contribution in [0, 0.1) is 30.9 Å². The summed E-state index contributed by atoms with van der Waals surface area (Å²) in [4.78, 5) is 11.5. The van der Waals surface area contributed by atoms with Crippen LogP contribution in [0.15, 0.2) is 84.0 Å². The molecule has 0 unspecified atom stereocenters. The molecule has 8 nitrogen and oxygen atoms in total. The van der Waals surface area contributed by atoms with Crippen molar-refractivity contribution in [3.05, 3.63) is 117 Å². The Bertz CT molecular complexity index is 1700. The van der Waals surface area contributed by atoms with Crippen molar-refractivity contribution in [1.29, 1.82) is 0 Å². The van der Waals surface area contributed by atoms with Gasteiger partial charge in [0.05, 0.1) is 6.61 Å². The van der Waals surface area contributed by atoms with Crippen molar-refractivity contribution >= 4 is 22.5 Å². The summed E-state index contributed by atoms with van der Waals surface area (Å²) < 4.78 is 14.1. The van der Waals surface area contributed by atoms with Crippen LogP contribution in [0.2, 0.25) is 0 Å². The first-order valence-corrected chi connectivity index (χ1v) is 14.4. The van der Waals surface area contributed by atoms with Crippen LogP contribution >= 0.6 is 11.8 Å². The van der Waals surface area contributed by atoms with Crippen molar-refractivity contribution in [2.24, 2.45) is 0 Å². The predicted octanol–water partition coefficient (Wildman–Crippen LogP) is 7.43. The Kier molecular flexibility index (Phi) is 8.54. The minimum Gasteiger partial charge on any atom is -0.490 e. The lowest BCUT2D eigenvalue weighted by atomic mass is 10.1. The number of hydrogen-bond acceptors (Lipinski definition) is 7. The number of hydrogen-bond donors (Lipinski definition) is 0. The highest BCUT2D eigenvalue weighted by atomic mass is 32.2. The normalized spacial score (nSPS) is 11.9. The van der Waals surface area contributed by atoms with Gasteiger partial charge in [-0.05, 0) is 85.0 Å². The van der Waals surface area contributed by atoms with Crippen molar-refractivity contribution in [1.82, 2.24) is 14.8 Å². The van der Waals surface area contributed by atoms with E-state index in [4.69, 9.17) is 9.47 Å². The lowest BCUT2D eigenvalue weighted by Crippen LogP contribution is -2.12. The molecule has 0 bridgehead atoms. The highest BCUT2D eigenvalue weighted by molar-refractivity contribution is 7.99. The molecule has 41 heavy (non-hydrogen) atoms. The predicted molar refractivity (Wildman–Crippen MR) is 162 cm³/mol. The summed E-state index contributed by atoms with van der Waals surface area (Å²) in [6.07, 6.45) is 0. The molecule has 1 heterocycles. The summed E-state index contributed by atoms with van der Waals surface area (Å²) in [6, 6.07) is 26.0. The third kappa shape index (κ3) is 6.36. The number of fused-ring (bicyclic) bond motifs is 1. The molecular formula is C32H32N4O4S. The van der Waals surface area contributed by atoms with Gasteiger partial charge in [-0.1, -0.05) is 66.4 Å². The van der Waals surface area contributed by atoms with Crippen molar-refractivity contribution in [3.8, 4) is 17.2 Å². The van der Waals surface area contributed by atoms with Gasteiger partial charge in [0.1, 0.15) is 17.7 Å². The first-order chi connectivity index (χ1) is 19.8. The van der Waals surface area contributed by atoms with Gasteiger partial charge in [0, 0.05) is 10.6 Å². The molecule has 0 aliphatic rings. The van der Waals surface area contributed by atoms with Crippen LogP contribution in [0.1, 0.15) is 40.3 Å². The van der Waals surface area contributed by atoms with Gasteiger partial charge in [-0.2, -0.15) is 0 Å². The SMILES string of the molecule is CCOc1cc([C@@H](C[N+](=O)[O-])Sc2nnc(C)n2-c2ccc(C)c(C)c2)ccc1OCc1cccc2ccccc12. The first-order valence-electron chi connectivity index (χ1n) is 13.5. The summed E-state index contributed by atoms with van der Waals surface area (Å²) in [5, 5.41) is 22.8. The van der Waals surface area contributed by atoms with Gasteiger partial charge in [0.2, 0.25) is 6.54 Å². The molecule has 4 aromatic carbocycles. The quantitative estimate of drug-likeness (QED) is 0.0929. The molecule has 0 N–H and O–H groups in total. The van der Waals surface area contributed by atoms with Crippen LogP contribution < -0.4 is 9.47 Å². The molecular weight excluding hydrogens is 536 g/mol. The molecule has 1 atom stereocenters. The summed E-state index contributed by atoms with van der Waals surface area (Å²) in [5.41, 5.74) is 5.07. The van der Waals surface area contributed by atoms with Crippen molar-refractivity contribution in [2.75, 3.05) is 13.2 Å². The maximum atomic E-state index is 11.8. The van der Waals surface area contributed by atoms with E-state index in [2.05, 4.69) is 60.4 Å². The van der Waals surface area contributed by atoms with Gasteiger partial charge in [0.15, 0.2) is 16.7 Å². The van der Waals surface area contributed by atoms with E-state index in [1.807, 2.05) is 60.9 Å². The zero-order valence-corrected chi connectivity index (χ0v) is 24.4. The Balaban J connectivity index is 1.44. The van der Waals surface area contributed by atoms with Gasteiger partial charge in [-0.25, -0.2) is 0 Å². The largest absolute Gasteiger partial charge is 0.490 e. The van der Waals surface area contributed by atoms with Crippen LogP contribution in [-0.2, 0) is 6.61 Å². The second-order valence-corrected chi connectivity index (χ2v) is 11.0. The molecule has 0 amide bonds. The van der Waals surface area contributed by atoms with Crippen LogP contribution in [0.3, 0.4) is 0 Å². The molecule has 0 spiro atoms. The molecule has 5 aromatic rings. The lowest BCUT2D eigenvalue weighted by Gasteiger charge is -2.18. The minimum atomic E-state index is -0.523. The molecule has 1 aromatic heterocycles. The van der Waals surface area contributed by atoms with E-state index in [1.165, 1.54) is 17.3 Å². The second-order valence-electron chi connectivity index (χ2n) is 9.82. The Hall–Kier alpha value is -4.37. The number of aromatic nitrogens is 3. The number of ether oxygens (including phenoxy) is 2. The topological polar surface area (TPSA) is 92.3 Å². The third-order valence-electron chi connectivity index (χ3n) is 7.01. The van der Waals surface area contributed by atoms with E-state index in [9.17, 15) is 10.1 Å². The Labute approximate surface area is 243 Å². The summed E-state index contributed by atoms with van der Waals surface area (Å²) in [6.45, 7) is 8.41. The summed E-state index contributed by atoms with van der Waals surface area (Å²) in [5.74, 6) is 1.84. The molecule has 0 aliphatic heterocycles. The second kappa shape index (κ2) is 12.4. The van der Waals surface area contributed by atoms with E-state index in [0.29, 0.717) is 35.7 Å². The van der Waals surface area contributed by atoms with E-state index in [1.54, 1.807) is 0 Å². The van der Waals surface area contributed by atoms with E-state index in [-0.39, 0.29) is 11.5 Å². The molecule has 210 valence electrons. The minimum absolute atomic E-state index is 0.286. The van der Waals surface area contributed by atoms with Gasteiger partial charge < -0.3 is 9.47 Å². The maximum absolute atomic E-state index is 11.8. The van der Waals surface area contributed by atoms with Crippen molar-refractivity contribution in [3.63, 3.8) is 0 Å². The van der Waals surface area contributed by atoms with E-state index < -0.39 is 5.25 Å². The van der Waals surface area contributed by atoms with Crippen molar-refractivity contribution < 1.29 is 14.4 Å². The number of nitro groups is 1. The molecule has 0 aliphatic carbocycles. The lowest BCUT2D eigenvalue weighted by molar-refractivity contribution is -0.479. The smallest absolute Gasteiger partial charge is 0.220 e. The fraction of sp³-hybridized carbons (Fsp3) is 0.250. The van der Waals surface area contributed by atoms with Gasteiger partial charge in [-0.15, -0.1) is 10.2 Å². The van der Waals surface area contributed by atoms with Crippen LogP contribution in [0.25, 0.3) is 16.5 Å². The molecule has 9 heteroatoms. The molecule has 0 saturated carbocycles. The third-order valence-corrected chi connectivity index (χ3v) is 8.19. The summed E-state index contributed by atoms with van der Waals surface area (Å²) >= 11 is 1.32. The average Bonchev–Trinajstić information content (AvgIpc) is 3.33. The Morgan fingerprint density at radius 1 is 0.902 bits per heavy atom. The Morgan fingerprint density at radius 3 is 2.49 bits per heavy atom. The fourth-order valence-electron chi connectivity index (χ4n) is 4.74. The highest BCUT2D eigenvalue weighted by Crippen LogP contribution is 2.40. The van der Waals surface area contributed by atoms with Crippen LogP contribution in [0.5, 0.6) is 11.5 Å². The zero-order chi connectivity index (χ0) is 28.9. The van der Waals surface area contributed by atoms with E-state index in [0.717, 1.165) is 33.2 Å². The Morgan fingerprint density at radius 2 is 1.71 bits per heavy atom. The molecule has 0 radical (unpaired) electrons. The molecule has 5 rings (SSSR count). The monoisotopic (exact) mass is 568 g/mol. The van der Waals surface area contributed by atoms with Gasteiger partial charge in [-0.3, -0.25) is 14.7 Å². The maximum Gasteiger partial charge on any atom is 0.220 e. The van der Waals surface area contributed by atoms with Crippen LogP contribution in [-0.4, -0.2) is 32.8 Å². The van der Waals surface area contributed by atoms with E-state index >= 15 is 0 Å². The van der Waals surface area contributed by atoms with Gasteiger partial charge >= 0.3 is 0 Å². The standard InChI is InChI=1S/C32H32N4O4S/c1-5-39-30-18-25(14-16-29(30)40-20-26-11-8-10-24-9-6-7-12-28(24)26)31(19-35(37)38)41-32-34-33-23(4)36(32)27-15-13-21(2)22(3)17-27/h6-18,31H,5,19-20H2,1-4H3/t31-/m1/s1. The van der Waals surface area contributed by atoms with Gasteiger partial charge in [0.25, 0.3) is 0 Å². The molecule has 0 fully saturated rings. The van der Waals surface area contributed by atoms with Crippen LogP contribution in [0.4, 0.5) is 0 Å². The first kappa shape index (κ1) is 28.2. The average molecular weight is 569 g/mol. The highest BCUT2D eigenvalue weighted by Gasteiger charge is 2.25. The fourth-order valence-corrected chi connectivity index (χ4v) is 5.91. The zero-order valence-electron chi connectivity index (χ0n) is 23.5.